The number of phenolic OH excluding ortho intramolecular Hbond substituents is 1. The average molecular weight is 295 g/mol. The number of nitrogens with one attached hydrogen (secondary N) is 3. The number of carbonyl (C=O) groups is 2. The normalized spacial score (nSPS) is 11.9. The van der Waals surface area contributed by atoms with E-state index in [1.807, 2.05) is 7.05 Å². The van der Waals surface area contributed by atoms with Gasteiger partial charge >= 0.3 is 5.97 Å². The van der Waals surface area contributed by atoms with Gasteiger partial charge in [0.15, 0.2) is 0 Å². The zero-order chi connectivity index (χ0) is 15.7. The highest BCUT2D eigenvalue weighted by molar-refractivity contribution is 5.94. The van der Waals surface area contributed by atoms with E-state index < -0.39 is 17.9 Å². The van der Waals surface area contributed by atoms with Gasteiger partial charge in [-0.3, -0.25) is 9.59 Å². The van der Waals surface area contributed by atoms with Crippen LogP contribution in [0.2, 0.25) is 0 Å². The lowest BCUT2D eigenvalue weighted by Crippen LogP contribution is -2.40. The van der Waals surface area contributed by atoms with E-state index in [4.69, 9.17) is 5.11 Å². The van der Waals surface area contributed by atoms with Gasteiger partial charge in [0.2, 0.25) is 5.91 Å². The van der Waals surface area contributed by atoms with Crippen LogP contribution in [0, 0.1) is 0 Å². The van der Waals surface area contributed by atoms with Gasteiger partial charge in [0.25, 0.3) is 0 Å². The Morgan fingerprint density at radius 1 is 1.29 bits per heavy atom. The first kappa shape index (κ1) is 16.9. The Morgan fingerprint density at radius 2 is 2.05 bits per heavy atom. The lowest BCUT2D eigenvalue weighted by atomic mass is 10.2. The summed E-state index contributed by atoms with van der Waals surface area (Å²) in [5.74, 6) is -1.45. The zero-order valence-electron chi connectivity index (χ0n) is 11.9. The molecule has 0 aliphatic heterocycles. The molecule has 0 radical (unpaired) electrons. The smallest absolute Gasteiger partial charge is 0.321 e. The van der Waals surface area contributed by atoms with Crippen LogP contribution in [0.4, 0.5) is 5.69 Å². The Hall–Kier alpha value is -2.12. The third-order valence-corrected chi connectivity index (χ3v) is 2.81. The molecule has 0 aliphatic carbocycles. The van der Waals surface area contributed by atoms with Crippen molar-refractivity contribution in [2.45, 2.75) is 18.9 Å². The second kappa shape index (κ2) is 8.93. The third-order valence-electron chi connectivity index (χ3n) is 2.81. The number of phenols is 1. The molecule has 0 unspecified atom stereocenters. The van der Waals surface area contributed by atoms with Crippen molar-refractivity contribution in [3.05, 3.63) is 24.3 Å². The van der Waals surface area contributed by atoms with Gasteiger partial charge in [-0.25, -0.2) is 0 Å². The van der Waals surface area contributed by atoms with Gasteiger partial charge in [-0.2, -0.15) is 0 Å². The summed E-state index contributed by atoms with van der Waals surface area (Å²) in [5, 5.41) is 26.7. The van der Waals surface area contributed by atoms with E-state index in [1.54, 1.807) is 12.1 Å². The van der Waals surface area contributed by atoms with E-state index in [-0.39, 0.29) is 12.2 Å². The first-order valence-corrected chi connectivity index (χ1v) is 6.72. The molecule has 0 saturated carbocycles. The van der Waals surface area contributed by atoms with Gasteiger partial charge in [0.1, 0.15) is 11.8 Å². The Morgan fingerprint density at radius 3 is 2.67 bits per heavy atom. The maximum Gasteiger partial charge on any atom is 0.321 e. The summed E-state index contributed by atoms with van der Waals surface area (Å²) in [6.07, 6.45) is 0.596. The molecule has 1 aromatic rings. The maximum absolute atomic E-state index is 11.8. The summed E-state index contributed by atoms with van der Waals surface area (Å²) in [5.41, 5.74) is 0.430. The van der Waals surface area contributed by atoms with Crippen LogP contribution in [0.3, 0.4) is 0 Å². The van der Waals surface area contributed by atoms with E-state index in [2.05, 4.69) is 16.0 Å². The van der Waals surface area contributed by atoms with Crippen molar-refractivity contribution < 1.29 is 19.8 Å². The fourth-order valence-corrected chi connectivity index (χ4v) is 1.77. The number of amides is 1. The van der Waals surface area contributed by atoms with Crippen molar-refractivity contribution in [2.24, 2.45) is 0 Å². The molecule has 0 saturated heterocycles. The summed E-state index contributed by atoms with van der Waals surface area (Å²) >= 11 is 0. The van der Waals surface area contributed by atoms with E-state index in [9.17, 15) is 14.7 Å². The molecule has 5 N–H and O–H groups in total. The summed E-state index contributed by atoms with van der Waals surface area (Å²) in [4.78, 5) is 22.9. The van der Waals surface area contributed by atoms with E-state index in [1.165, 1.54) is 12.1 Å². The number of benzene rings is 1. The summed E-state index contributed by atoms with van der Waals surface area (Å²) in [7, 11) is 1.82. The topological polar surface area (TPSA) is 111 Å². The van der Waals surface area contributed by atoms with Crippen LogP contribution in [0.5, 0.6) is 5.75 Å². The summed E-state index contributed by atoms with van der Waals surface area (Å²) in [6.45, 7) is 1.28. The molecule has 116 valence electrons. The Labute approximate surface area is 123 Å². The number of aliphatic carboxylic acids is 1. The summed E-state index contributed by atoms with van der Waals surface area (Å²) in [6, 6.07) is 5.16. The van der Waals surface area contributed by atoms with Crippen LogP contribution >= 0.6 is 0 Å². The lowest BCUT2D eigenvalue weighted by Gasteiger charge is -2.14. The van der Waals surface area contributed by atoms with Crippen LogP contribution in [0.1, 0.15) is 12.8 Å². The maximum atomic E-state index is 11.8. The van der Waals surface area contributed by atoms with Crippen LogP contribution in [-0.2, 0) is 9.59 Å². The predicted molar refractivity (Wildman–Crippen MR) is 79.3 cm³/mol. The van der Waals surface area contributed by atoms with Gasteiger partial charge < -0.3 is 26.2 Å². The lowest BCUT2D eigenvalue weighted by molar-refractivity contribution is -0.141. The zero-order valence-corrected chi connectivity index (χ0v) is 11.9. The average Bonchev–Trinajstić information content (AvgIpc) is 2.42. The van der Waals surface area contributed by atoms with Crippen molar-refractivity contribution in [3.8, 4) is 5.75 Å². The van der Waals surface area contributed by atoms with Gasteiger partial charge in [0, 0.05) is 11.8 Å². The molecule has 1 aromatic carbocycles. The minimum Gasteiger partial charge on any atom is -0.508 e. The van der Waals surface area contributed by atoms with Gasteiger partial charge in [-0.15, -0.1) is 0 Å². The molecule has 1 atom stereocenters. The number of carbonyl (C=O) groups excluding carboxylic acids is 1. The predicted octanol–water partition coefficient (Wildman–Crippen LogP) is 0.373. The highest BCUT2D eigenvalue weighted by atomic mass is 16.4. The van der Waals surface area contributed by atoms with Crippen molar-refractivity contribution in [3.63, 3.8) is 0 Å². The molecule has 1 amide bonds. The number of aromatic hydroxyl groups is 1. The van der Waals surface area contributed by atoms with Gasteiger partial charge in [0.05, 0.1) is 6.42 Å². The first-order chi connectivity index (χ1) is 10.0. The van der Waals surface area contributed by atoms with Crippen LogP contribution < -0.4 is 16.0 Å². The Kier molecular flexibility index (Phi) is 7.20. The van der Waals surface area contributed by atoms with E-state index in [0.717, 1.165) is 13.0 Å². The molecule has 0 fully saturated rings. The molecule has 0 aliphatic rings. The third kappa shape index (κ3) is 6.73. The molecule has 7 heteroatoms. The monoisotopic (exact) mass is 295 g/mol. The molecule has 21 heavy (non-hydrogen) atoms. The first-order valence-electron chi connectivity index (χ1n) is 6.72. The largest absolute Gasteiger partial charge is 0.508 e. The van der Waals surface area contributed by atoms with Crippen molar-refractivity contribution in [1.29, 1.82) is 0 Å². The second-order valence-corrected chi connectivity index (χ2v) is 4.60. The van der Waals surface area contributed by atoms with E-state index >= 15 is 0 Å². The molecule has 0 heterocycles. The second-order valence-electron chi connectivity index (χ2n) is 4.60. The molecular weight excluding hydrogens is 274 g/mol. The Bertz CT molecular complexity index is 479. The molecule has 7 nitrogen and oxygen atoms in total. The van der Waals surface area contributed by atoms with Gasteiger partial charge in [-0.05, 0) is 38.7 Å². The fourth-order valence-electron chi connectivity index (χ4n) is 1.77. The highest BCUT2D eigenvalue weighted by Crippen LogP contribution is 2.15. The van der Waals surface area contributed by atoms with Crippen LogP contribution in [-0.4, -0.2) is 48.3 Å². The Balaban J connectivity index is 2.46. The van der Waals surface area contributed by atoms with E-state index in [0.29, 0.717) is 12.2 Å². The van der Waals surface area contributed by atoms with Crippen molar-refractivity contribution in [2.75, 3.05) is 25.5 Å². The highest BCUT2D eigenvalue weighted by Gasteiger charge is 2.20. The number of anilines is 1. The quantitative estimate of drug-likeness (QED) is 0.421. The molecule has 0 spiro atoms. The minimum absolute atomic E-state index is 0.0350. The van der Waals surface area contributed by atoms with Gasteiger partial charge in [-0.1, -0.05) is 6.07 Å². The van der Waals surface area contributed by atoms with Crippen LogP contribution in [0.25, 0.3) is 0 Å². The molecule has 0 bridgehead atoms. The molecule has 1 rings (SSSR count). The number of hydrogen-bond acceptors (Lipinski definition) is 5. The number of rotatable bonds is 9. The molecule has 0 aromatic heterocycles. The fraction of sp³-hybridized carbons (Fsp3) is 0.429. The minimum atomic E-state index is -1.06. The molecular formula is C14H21N3O4. The number of hydrogen-bond donors (Lipinski definition) is 5. The van der Waals surface area contributed by atoms with Crippen molar-refractivity contribution >= 4 is 17.6 Å². The van der Waals surface area contributed by atoms with Crippen molar-refractivity contribution in [1.82, 2.24) is 10.6 Å². The SMILES string of the molecule is CNCCCN[C@@H](CC(=O)Nc1cccc(O)c1)C(=O)O. The number of carboxylic acids is 1. The number of carboxylic acid groups (broad SMARTS) is 1. The standard InChI is InChI=1S/C14H21N3O4/c1-15-6-3-7-16-12(14(20)21)9-13(19)17-10-4-2-5-11(18)8-10/h2,4-5,8,12,15-16,18H,3,6-7,9H2,1H3,(H,17,19)(H,20,21)/t12-/m0/s1. The summed E-state index contributed by atoms with van der Waals surface area (Å²) < 4.78 is 0. The van der Waals surface area contributed by atoms with Crippen LogP contribution in [0.15, 0.2) is 24.3 Å².